The van der Waals surface area contributed by atoms with Gasteiger partial charge in [-0.25, -0.2) is 13.1 Å². The summed E-state index contributed by atoms with van der Waals surface area (Å²) >= 11 is 6.07. The van der Waals surface area contributed by atoms with Crippen molar-refractivity contribution in [2.24, 2.45) is 5.73 Å². The van der Waals surface area contributed by atoms with Crippen molar-refractivity contribution in [1.29, 1.82) is 0 Å². The quantitative estimate of drug-likeness (QED) is 0.313. The van der Waals surface area contributed by atoms with Gasteiger partial charge in [0.1, 0.15) is 12.1 Å². The number of carboxylic acid groups (broad SMARTS) is 1. The van der Waals surface area contributed by atoms with Crippen molar-refractivity contribution in [1.82, 2.24) is 14.9 Å². The summed E-state index contributed by atoms with van der Waals surface area (Å²) in [6.45, 7) is 0.688. The second kappa shape index (κ2) is 13.0. The molecule has 0 bridgehead atoms. The summed E-state index contributed by atoms with van der Waals surface area (Å²) in [6.07, 6.45) is 0.303. The van der Waals surface area contributed by atoms with E-state index in [9.17, 15) is 22.8 Å². The topological polar surface area (TPSA) is 159 Å². The van der Waals surface area contributed by atoms with Crippen molar-refractivity contribution in [3.63, 3.8) is 0 Å². The molecule has 0 aliphatic carbocycles. The largest absolute Gasteiger partial charge is 0.481 e. The highest BCUT2D eigenvalue weighted by Gasteiger charge is 2.38. The summed E-state index contributed by atoms with van der Waals surface area (Å²) in [5.41, 5.74) is 7.87. The van der Waals surface area contributed by atoms with Crippen molar-refractivity contribution in [2.75, 3.05) is 6.54 Å². The fourth-order valence-corrected chi connectivity index (χ4v) is 5.88. The Morgan fingerprint density at radius 1 is 1.14 bits per heavy atom. The van der Waals surface area contributed by atoms with Gasteiger partial charge in [-0.2, -0.15) is 0 Å². The first-order valence-electron chi connectivity index (χ1n) is 11.9. The Morgan fingerprint density at radius 3 is 2.54 bits per heavy atom. The van der Waals surface area contributed by atoms with Crippen LogP contribution in [0.15, 0.2) is 48.5 Å². The molecule has 0 aromatic heterocycles. The first kappa shape index (κ1) is 28.6. The summed E-state index contributed by atoms with van der Waals surface area (Å²) in [5, 5.41) is 12.5. The molecular weight excluding hydrogens is 520 g/mol. The number of likely N-dealkylation sites (tertiary alicyclic amines) is 1. The van der Waals surface area contributed by atoms with Gasteiger partial charge in [-0.05, 0) is 48.1 Å². The van der Waals surface area contributed by atoms with Crippen LogP contribution in [0.1, 0.15) is 42.4 Å². The van der Waals surface area contributed by atoms with E-state index < -0.39 is 46.3 Å². The average molecular weight is 551 g/mol. The smallest absolute Gasteiger partial charge is 0.303 e. The Hall–Kier alpha value is -2.99. The molecule has 2 aromatic rings. The van der Waals surface area contributed by atoms with E-state index in [4.69, 9.17) is 22.4 Å². The van der Waals surface area contributed by atoms with Gasteiger partial charge in [-0.1, -0.05) is 48.0 Å². The molecule has 0 saturated carbocycles. The Bertz CT molecular complexity index is 1220. The van der Waals surface area contributed by atoms with Crippen LogP contribution in [-0.4, -0.2) is 54.8 Å². The van der Waals surface area contributed by atoms with Crippen molar-refractivity contribution < 1.29 is 27.9 Å². The van der Waals surface area contributed by atoms with Gasteiger partial charge in [0.05, 0.1) is 5.75 Å². The van der Waals surface area contributed by atoms with Gasteiger partial charge >= 0.3 is 5.97 Å². The highest BCUT2D eigenvalue weighted by atomic mass is 35.5. The molecule has 37 heavy (non-hydrogen) atoms. The van der Waals surface area contributed by atoms with Crippen LogP contribution in [0.4, 0.5) is 0 Å². The summed E-state index contributed by atoms with van der Waals surface area (Å²) in [7, 11) is -3.97. The van der Waals surface area contributed by atoms with E-state index in [1.54, 1.807) is 48.5 Å². The standard InChI is InChI=1S/C25H31ClN4O6S/c26-20-9-8-18(14-27)19(13-20)15-28-24(33)22-7-4-12-30(22)25(34)21(10-11-23(31)32)29-37(35,36)16-17-5-2-1-3-6-17/h1-3,5-6,8-9,13,21-22,29H,4,7,10-12,14-16,27H2,(H,28,33)(H,31,32)/t21?,22-/m0/s1. The molecule has 1 aliphatic heterocycles. The number of sulfonamides is 1. The van der Waals surface area contributed by atoms with Crippen molar-refractivity contribution in [2.45, 2.75) is 56.6 Å². The molecule has 1 fully saturated rings. The highest BCUT2D eigenvalue weighted by molar-refractivity contribution is 7.88. The number of carboxylic acids is 1. The minimum Gasteiger partial charge on any atom is -0.481 e. The maximum absolute atomic E-state index is 13.4. The molecule has 10 nitrogen and oxygen atoms in total. The zero-order chi connectivity index (χ0) is 27.0. The highest BCUT2D eigenvalue weighted by Crippen LogP contribution is 2.21. The molecule has 0 spiro atoms. The number of nitrogens with zero attached hydrogens (tertiary/aromatic N) is 1. The number of hydrogen-bond acceptors (Lipinski definition) is 6. The number of carbonyl (C=O) groups excluding carboxylic acids is 2. The molecule has 0 radical (unpaired) electrons. The maximum atomic E-state index is 13.4. The van der Waals surface area contributed by atoms with Crippen LogP contribution in [0, 0.1) is 0 Å². The predicted molar refractivity (Wildman–Crippen MR) is 139 cm³/mol. The van der Waals surface area contributed by atoms with Crippen LogP contribution in [0.5, 0.6) is 0 Å². The molecule has 12 heteroatoms. The van der Waals surface area contributed by atoms with Gasteiger partial charge in [0.25, 0.3) is 0 Å². The number of aliphatic carboxylic acids is 1. The van der Waals surface area contributed by atoms with E-state index in [1.807, 2.05) is 0 Å². The van der Waals surface area contributed by atoms with Crippen LogP contribution in [0.2, 0.25) is 5.02 Å². The number of benzene rings is 2. The molecule has 1 aliphatic rings. The summed E-state index contributed by atoms with van der Waals surface area (Å²) < 4.78 is 28.0. The van der Waals surface area contributed by atoms with E-state index in [2.05, 4.69) is 10.0 Å². The predicted octanol–water partition coefficient (Wildman–Crippen LogP) is 1.76. The van der Waals surface area contributed by atoms with Crippen molar-refractivity contribution in [3.05, 3.63) is 70.2 Å². The van der Waals surface area contributed by atoms with Gasteiger partial charge in [0, 0.05) is 31.1 Å². The molecule has 5 N–H and O–H groups in total. The molecule has 200 valence electrons. The van der Waals surface area contributed by atoms with Crippen molar-refractivity contribution >= 4 is 39.4 Å². The van der Waals surface area contributed by atoms with Gasteiger partial charge in [-0.3, -0.25) is 14.4 Å². The van der Waals surface area contributed by atoms with Crippen molar-refractivity contribution in [3.8, 4) is 0 Å². The lowest BCUT2D eigenvalue weighted by Crippen LogP contribution is -2.53. The number of nitrogens with two attached hydrogens (primary N) is 1. The Kier molecular flexibility index (Phi) is 10.0. The Labute approximate surface area is 221 Å². The second-order valence-electron chi connectivity index (χ2n) is 8.87. The minimum atomic E-state index is -3.97. The number of carbonyl (C=O) groups is 3. The first-order valence-corrected chi connectivity index (χ1v) is 13.9. The normalized spacial score (nSPS) is 16.4. The zero-order valence-corrected chi connectivity index (χ0v) is 21.8. The van der Waals surface area contributed by atoms with Gasteiger partial charge in [-0.15, -0.1) is 0 Å². The van der Waals surface area contributed by atoms with E-state index >= 15 is 0 Å². The monoisotopic (exact) mass is 550 g/mol. The maximum Gasteiger partial charge on any atom is 0.303 e. The fourth-order valence-electron chi connectivity index (χ4n) is 4.31. The second-order valence-corrected chi connectivity index (χ2v) is 11.1. The molecule has 3 rings (SSSR count). The third-order valence-corrected chi connectivity index (χ3v) is 7.74. The molecule has 2 aromatic carbocycles. The van der Waals surface area contributed by atoms with E-state index in [-0.39, 0.29) is 31.8 Å². The lowest BCUT2D eigenvalue weighted by Gasteiger charge is -2.28. The van der Waals surface area contributed by atoms with Gasteiger partial charge in [0.2, 0.25) is 21.8 Å². The molecule has 2 amide bonds. The fraction of sp³-hybridized carbons (Fsp3) is 0.400. The molecule has 1 heterocycles. The summed E-state index contributed by atoms with van der Waals surface area (Å²) in [5.74, 6) is -2.54. The van der Waals surface area contributed by atoms with E-state index in [1.165, 1.54) is 4.90 Å². The van der Waals surface area contributed by atoms with Gasteiger partial charge in [0.15, 0.2) is 0 Å². The van der Waals surface area contributed by atoms with Crippen LogP contribution in [0.25, 0.3) is 0 Å². The number of nitrogens with one attached hydrogen (secondary N) is 2. The molecule has 2 atom stereocenters. The number of amides is 2. The summed E-state index contributed by atoms with van der Waals surface area (Å²) in [4.78, 5) is 39.0. The third kappa shape index (κ3) is 8.26. The minimum absolute atomic E-state index is 0.163. The average Bonchev–Trinajstić information content (AvgIpc) is 3.35. The number of hydrogen-bond donors (Lipinski definition) is 4. The van der Waals surface area contributed by atoms with Crippen LogP contribution in [-0.2, 0) is 43.2 Å². The molecule has 1 unspecified atom stereocenters. The summed E-state index contributed by atoms with van der Waals surface area (Å²) in [6, 6.07) is 11.5. The lowest BCUT2D eigenvalue weighted by atomic mass is 10.1. The number of halogens is 1. The van der Waals surface area contributed by atoms with Crippen LogP contribution in [0.3, 0.4) is 0 Å². The molecular formula is C25H31ClN4O6S. The number of rotatable bonds is 12. The van der Waals surface area contributed by atoms with E-state index in [0.29, 0.717) is 23.4 Å². The van der Waals surface area contributed by atoms with Crippen LogP contribution < -0.4 is 15.8 Å². The van der Waals surface area contributed by atoms with Gasteiger partial charge < -0.3 is 21.1 Å². The third-order valence-electron chi connectivity index (χ3n) is 6.15. The Morgan fingerprint density at radius 2 is 1.86 bits per heavy atom. The first-order chi connectivity index (χ1) is 17.6. The SMILES string of the molecule is NCc1ccc(Cl)cc1CNC(=O)[C@@H]1CCCN1C(=O)C(CCC(=O)O)NS(=O)(=O)Cc1ccccc1. The Balaban J connectivity index is 1.72. The van der Waals surface area contributed by atoms with Crippen LogP contribution >= 0.6 is 11.6 Å². The lowest BCUT2D eigenvalue weighted by molar-refractivity contribution is -0.141. The molecule has 1 saturated heterocycles. The van der Waals surface area contributed by atoms with E-state index in [0.717, 1.165) is 11.1 Å². The zero-order valence-electron chi connectivity index (χ0n) is 20.2.